The van der Waals surface area contributed by atoms with Gasteiger partial charge in [0.15, 0.2) is 0 Å². The van der Waals surface area contributed by atoms with Crippen molar-refractivity contribution in [2.24, 2.45) is 29.6 Å². The quantitative estimate of drug-likeness (QED) is 0.303. The normalized spacial score (nSPS) is 21.8. The average Bonchev–Trinajstić information content (AvgIpc) is 3.55. The van der Waals surface area contributed by atoms with E-state index in [0.29, 0.717) is 29.0 Å². The van der Waals surface area contributed by atoms with Gasteiger partial charge in [-0.25, -0.2) is 0 Å². The molecule has 39 heavy (non-hydrogen) atoms. The minimum absolute atomic E-state index is 0.0756. The molecule has 0 aliphatic heterocycles. The maximum Gasteiger partial charge on any atom is 0.236 e. The molecular weight excluding hydrogens is 536 g/mol. The van der Waals surface area contributed by atoms with Gasteiger partial charge < -0.3 is 15.5 Å². The number of aromatic nitrogens is 4. The molecule has 0 spiro atoms. The molecule has 4 rings (SSSR count). The fraction of sp³-hybridized carbons (Fsp3) is 0.481. The monoisotopic (exact) mass is 570 g/mol. The van der Waals surface area contributed by atoms with E-state index in [9.17, 15) is 19.8 Å². The topological polar surface area (TPSA) is 150 Å². The first-order chi connectivity index (χ1) is 18.9. The Bertz CT molecular complexity index is 1270. The van der Waals surface area contributed by atoms with Gasteiger partial charge in [0.25, 0.3) is 0 Å². The SMILES string of the molecule is CC1C=C(C(CO)C(=O)Nc2nnc(CCCc3nnc(NC(=O)C(CO)C4C=CC=CC4C)s3)s2)C=CC1. The average molecular weight is 571 g/mol. The maximum absolute atomic E-state index is 12.8. The van der Waals surface area contributed by atoms with Crippen LogP contribution in [0.1, 0.15) is 36.7 Å². The number of anilines is 2. The molecule has 2 aromatic heterocycles. The van der Waals surface area contributed by atoms with Crippen molar-refractivity contribution in [1.29, 1.82) is 0 Å². The van der Waals surface area contributed by atoms with Crippen molar-refractivity contribution < 1.29 is 19.8 Å². The number of rotatable bonds is 12. The van der Waals surface area contributed by atoms with Gasteiger partial charge in [0, 0.05) is 12.8 Å². The van der Waals surface area contributed by atoms with E-state index in [0.717, 1.165) is 28.4 Å². The number of allylic oxidation sites excluding steroid dienone is 7. The van der Waals surface area contributed by atoms with Gasteiger partial charge in [0.05, 0.1) is 25.0 Å². The largest absolute Gasteiger partial charge is 0.396 e. The Morgan fingerprint density at radius 2 is 1.59 bits per heavy atom. The molecule has 0 fully saturated rings. The lowest BCUT2D eigenvalue weighted by atomic mass is 9.80. The molecule has 2 aliphatic carbocycles. The lowest BCUT2D eigenvalue weighted by Crippen LogP contribution is -2.34. The molecule has 2 aromatic rings. The molecule has 2 amide bonds. The van der Waals surface area contributed by atoms with E-state index in [1.165, 1.54) is 22.7 Å². The second kappa shape index (κ2) is 13.8. The van der Waals surface area contributed by atoms with E-state index in [-0.39, 0.29) is 36.9 Å². The number of carbonyl (C=O) groups excluding carboxylic acids is 2. The fourth-order valence-corrected chi connectivity index (χ4v) is 6.22. The van der Waals surface area contributed by atoms with Crippen molar-refractivity contribution in [3.63, 3.8) is 0 Å². The summed E-state index contributed by atoms with van der Waals surface area (Å²) in [6, 6.07) is 0. The number of aryl methyl sites for hydroxylation is 2. The minimum Gasteiger partial charge on any atom is -0.396 e. The number of aliphatic hydroxyl groups excluding tert-OH is 2. The zero-order valence-corrected chi connectivity index (χ0v) is 23.6. The summed E-state index contributed by atoms with van der Waals surface area (Å²) in [5.74, 6) is -1.37. The zero-order valence-electron chi connectivity index (χ0n) is 22.0. The van der Waals surface area contributed by atoms with Crippen LogP contribution in [0.15, 0.2) is 48.1 Å². The first kappa shape index (κ1) is 28.9. The standard InChI is InChI=1S/C27H34N6O4S2/c1-16-7-5-9-18(13-16)20(14-34)24(36)28-26-32-30-22(38-26)11-6-12-23-31-33-27(39-23)29-25(37)21(15-35)19-10-4-3-8-17(19)2/h3-5,8-10,13,16-17,19-21,34-35H,6-7,11-12,14-15H2,1-2H3,(H,28,32,36)(H,29,33,37). The minimum atomic E-state index is -0.643. The van der Waals surface area contributed by atoms with Gasteiger partial charge in [0.2, 0.25) is 22.1 Å². The Morgan fingerprint density at radius 1 is 0.949 bits per heavy atom. The van der Waals surface area contributed by atoms with Gasteiger partial charge >= 0.3 is 0 Å². The Labute approximate surface area is 235 Å². The van der Waals surface area contributed by atoms with Gasteiger partial charge in [-0.2, -0.15) is 0 Å². The van der Waals surface area contributed by atoms with Gasteiger partial charge in [0.1, 0.15) is 10.0 Å². The molecule has 4 N–H and O–H groups in total. The summed E-state index contributed by atoms with van der Waals surface area (Å²) in [5, 5.41) is 44.1. The Morgan fingerprint density at radius 3 is 2.18 bits per heavy atom. The number of nitrogens with zero attached hydrogens (tertiary/aromatic N) is 4. The van der Waals surface area contributed by atoms with E-state index >= 15 is 0 Å². The second-order valence-electron chi connectivity index (χ2n) is 9.85. The van der Waals surface area contributed by atoms with E-state index in [1.54, 1.807) is 0 Å². The maximum atomic E-state index is 12.8. The summed E-state index contributed by atoms with van der Waals surface area (Å²) >= 11 is 2.62. The third kappa shape index (κ3) is 7.75. The molecule has 2 heterocycles. The zero-order chi connectivity index (χ0) is 27.8. The number of nitrogens with one attached hydrogen (secondary N) is 2. The van der Waals surface area contributed by atoms with Crippen LogP contribution in [0, 0.1) is 29.6 Å². The van der Waals surface area contributed by atoms with Crippen molar-refractivity contribution in [2.75, 3.05) is 23.8 Å². The van der Waals surface area contributed by atoms with Crippen LogP contribution in [0.3, 0.4) is 0 Å². The molecule has 10 nitrogen and oxygen atoms in total. The number of aliphatic hydroxyl groups is 2. The molecule has 0 saturated carbocycles. The number of carbonyl (C=O) groups is 2. The summed E-state index contributed by atoms with van der Waals surface area (Å²) in [6.45, 7) is 3.58. The third-order valence-corrected chi connectivity index (χ3v) is 8.63. The van der Waals surface area contributed by atoms with Crippen LogP contribution in [0.5, 0.6) is 0 Å². The summed E-state index contributed by atoms with van der Waals surface area (Å²) in [5.41, 5.74) is 0.815. The van der Waals surface area contributed by atoms with Crippen molar-refractivity contribution in [3.8, 4) is 0 Å². The highest BCUT2D eigenvalue weighted by atomic mass is 32.1. The summed E-state index contributed by atoms with van der Waals surface area (Å²) in [6.07, 6.45) is 16.7. The summed E-state index contributed by atoms with van der Waals surface area (Å²) in [7, 11) is 0. The molecular formula is C27H34N6O4S2. The van der Waals surface area contributed by atoms with Crippen molar-refractivity contribution in [3.05, 3.63) is 58.1 Å². The lowest BCUT2D eigenvalue weighted by Gasteiger charge is -2.27. The Hall–Kier alpha value is -3.06. The summed E-state index contributed by atoms with van der Waals surface area (Å²) in [4.78, 5) is 25.5. The predicted molar refractivity (Wildman–Crippen MR) is 152 cm³/mol. The van der Waals surface area contributed by atoms with E-state index < -0.39 is 11.8 Å². The van der Waals surface area contributed by atoms with Crippen LogP contribution in [0.2, 0.25) is 0 Å². The van der Waals surface area contributed by atoms with Gasteiger partial charge in [-0.1, -0.05) is 79.1 Å². The molecule has 5 atom stereocenters. The van der Waals surface area contributed by atoms with Crippen LogP contribution in [0.25, 0.3) is 0 Å². The first-order valence-corrected chi connectivity index (χ1v) is 14.7. The van der Waals surface area contributed by atoms with E-state index in [1.807, 2.05) is 49.5 Å². The first-order valence-electron chi connectivity index (χ1n) is 13.1. The molecule has 0 saturated heterocycles. The molecule has 0 bridgehead atoms. The van der Waals surface area contributed by atoms with Crippen LogP contribution in [0.4, 0.5) is 10.3 Å². The van der Waals surface area contributed by atoms with E-state index in [4.69, 9.17) is 0 Å². The Balaban J connectivity index is 1.24. The number of amides is 2. The van der Waals surface area contributed by atoms with Crippen molar-refractivity contribution in [2.45, 2.75) is 39.5 Å². The van der Waals surface area contributed by atoms with E-state index in [2.05, 4.69) is 38.0 Å². The summed E-state index contributed by atoms with van der Waals surface area (Å²) < 4.78 is 0. The molecule has 0 radical (unpaired) electrons. The molecule has 5 unspecified atom stereocenters. The van der Waals surface area contributed by atoms with Crippen molar-refractivity contribution >= 4 is 44.8 Å². The van der Waals surface area contributed by atoms with Gasteiger partial charge in [-0.05, 0) is 36.2 Å². The molecule has 2 aliphatic rings. The lowest BCUT2D eigenvalue weighted by molar-refractivity contribution is -0.122. The molecule has 208 valence electrons. The van der Waals surface area contributed by atoms with Crippen LogP contribution in [-0.4, -0.2) is 55.6 Å². The van der Waals surface area contributed by atoms with Gasteiger partial charge in [-0.15, -0.1) is 20.4 Å². The van der Waals surface area contributed by atoms with Crippen LogP contribution in [-0.2, 0) is 22.4 Å². The highest BCUT2D eigenvalue weighted by Crippen LogP contribution is 2.29. The highest BCUT2D eigenvalue weighted by molar-refractivity contribution is 7.15. The smallest absolute Gasteiger partial charge is 0.236 e. The molecule has 0 aromatic carbocycles. The number of hydrogen-bond acceptors (Lipinski definition) is 10. The highest BCUT2D eigenvalue weighted by Gasteiger charge is 2.30. The second-order valence-corrected chi connectivity index (χ2v) is 12.0. The Kier molecular flexibility index (Phi) is 10.3. The third-order valence-electron chi connectivity index (χ3n) is 6.84. The van der Waals surface area contributed by atoms with Gasteiger partial charge in [-0.3, -0.25) is 14.9 Å². The molecule has 12 heteroatoms. The van der Waals surface area contributed by atoms with Crippen LogP contribution >= 0.6 is 22.7 Å². The predicted octanol–water partition coefficient (Wildman–Crippen LogP) is 3.56. The fourth-order valence-electron chi connectivity index (χ4n) is 4.65. The van der Waals surface area contributed by atoms with Crippen molar-refractivity contribution in [1.82, 2.24) is 20.4 Å². The number of hydrogen-bond donors (Lipinski definition) is 4. The van der Waals surface area contributed by atoms with Crippen LogP contribution < -0.4 is 10.6 Å².